The summed E-state index contributed by atoms with van der Waals surface area (Å²) in [6, 6.07) is 3.81. The van der Waals surface area contributed by atoms with Gasteiger partial charge in [0.05, 0.1) is 13.3 Å². The number of methoxy groups -OCH3 is 1. The fourth-order valence-electron chi connectivity index (χ4n) is 3.74. The van der Waals surface area contributed by atoms with Crippen molar-refractivity contribution in [2.75, 3.05) is 14.2 Å². The van der Waals surface area contributed by atoms with Crippen molar-refractivity contribution in [2.45, 2.75) is 45.8 Å². The molecule has 144 valence electrons. The third-order valence-electron chi connectivity index (χ3n) is 5.07. The summed E-state index contributed by atoms with van der Waals surface area (Å²) in [5.41, 5.74) is 3.92. The topological polar surface area (TPSA) is 82.5 Å². The number of carbonyl (C=O) groups excluding carboxylic acids is 2. The van der Waals surface area contributed by atoms with Gasteiger partial charge in [-0.15, -0.1) is 0 Å². The van der Waals surface area contributed by atoms with E-state index in [1.165, 1.54) is 14.2 Å². The molecule has 1 heterocycles. The van der Waals surface area contributed by atoms with Gasteiger partial charge in [0, 0.05) is 19.2 Å². The molecule has 1 aliphatic rings. The number of hydrogen-bond acceptors (Lipinski definition) is 5. The maximum Gasteiger partial charge on any atom is 0.407 e. The monoisotopic (exact) mass is 371 g/mol. The fraction of sp³-hybridized carbons (Fsp3) is 0.450. The largest absolute Gasteiger partial charge is 0.481 e. The van der Waals surface area contributed by atoms with E-state index in [0.717, 1.165) is 36.0 Å². The summed E-state index contributed by atoms with van der Waals surface area (Å²) in [7, 11) is 3.07. The Morgan fingerprint density at radius 2 is 2.11 bits per heavy atom. The van der Waals surface area contributed by atoms with Gasteiger partial charge in [0.1, 0.15) is 11.7 Å². The Morgan fingerprint density at radius 1 is 1.33 bits per heavy atom. The second-order valence-corrected chi connectivity index (χ2v) is 6.56. The minimum absolute atomic E-state index is 0.142. The molecule has 7 heteroatoms. The van der Waals surface area contributed by atoms with Crippen LogP contribution in [0.3, 0.4) is 0 Å². The van der Waals surface area contributed by atoms with Crippen molar-refractivity contribution in [3.05, 3.63) is 46.1 Å². The van der Waals surface area contributed by atoms with E-state index in [0.29, 0.717) is 23.6 Å². The van der Waals surface area contributed by atoms with Crippen LogP contribution in [0.1, 0.15) is 58.5 Å². The van der Waals surface area contributed by atoms with Gasteiger partial charge in [0.25, 0.3) is 0 Å². The highest BCUT2D eigenvalue weighted by Gasteiger charge is 2.29. The highest BCUT2D eigenvalue weighted by molar-refractivity contribution is 6.11. The Bertz CT molecular complexity index is 872. The number of fused-ring (bicyclic) bond motifs is 1. The van der Waals surface area contributed by atoms with Gasteiger partial charge >= 0.3 is 6.09 Å². The number of ketones is 1. The number of alkyl carbamates (subject to hydrolysis) is 1. The van der Waals surface area contributed by atoms with Crippen LogP contribution in [0.5, 0.6) is 5.88 Å². The van der Waals surface area contributed by atoms with Crippen molar-refractivity contribution >= 4 is 11.9 Å². The summed E-state index contributed by atoms with van der Waals surface area (Å²) < 4.78 is 12.6. The van der Waals surface area contributed by atoms with Gasteiger partial charge in [-0.05, 0) is 49.8 Å². The number of ether oxygens (including phenoxy) is 2. The van der Waals surface area contributed by atoms with Gasteiger partial charge in [-0.2, -0.15) is 5.10 Å². The van der Waals surface area contributed by atoms with Crippen LogP contribution < -0.4 is 10.1 Å². The molecule has 3 rings (SSSR count). The summed E-state index contributed by atoms with van der Waals surface area (Å²) in [5, 5.41) is 6.72. The predicted molar refractivity (Wildman–Crippen MR) is 100 cm³/mol. The quantitative estimate of drug-likeness (QED) is 0.816. The van der Waals surface area contributed by atoms with E-state index in [2.05, 4.69) is 10.4 Å². The number of hydrogen-bond donors (Lipinski definition) is 1. The zero-order chi connectivity index (χ0) is 19.6. The van der Waals surface area contributed by atoms with Crippen molar-refractivity contribution in [2.24, 2.45) is 0 Å². The molecule has 0 saturated carbocycles. The molecule has 0 saturated heterocycles. The second kappa shape index (κ2) is 7.82. The predicted octanol–water partition coefficient (Wildman–Crippen LogP) is 3.18. The molecule has 0 spiro atoms. The average Bonchev–Trinajstić information content (AvgIpc) is 3.10. The molecule has 1 aromatic carbocycles. The Morgan fingerprint density at radius 3 is 2.78 bits per heavy atom. The van der Waals surface area contributed by atoms with E-state index in [9.17, 15) is 9.59 Å². The van der Waals surface area contributed by atoms with Crippen molar-refractivity contribution < 1.29 is 19.1 Å². The summed E-state index contributed by atoms with van der Waals surface area (Å²) >= 11 is 0. The highest BCUT2D eigenvalue weighted by atomic mass is 16.6. The van der Waals surface area contributed by atoms with Crippen LogP contribution in [-0.2, 0) is 17.7 Å². The Hall–Kier alpha value is -2.83. The SMILES string of the molecule is CCn1ncc(C(=O)c2ccc3c(c2C)C(OC(=O)NC)CCC3)c1OC. The first-order chi connectivity index (χ1) is 13.0. The van der Waals surface area contributed by atoms with E-state index in [4.69, 9.17) is 9.47 Å². The third kappa shape index (κ3) is 3.41. The van der Waals surface area contributed by atoms with Gasteiger partial charge in [-0.3, -0.25) is 4.79 Å². The lowest BCUT2D eigenvalue weighted by molar-refractivity contribution is 0.0887. The number of nitrogens with zero attached hydrogens (tertiary/aromatic N) is 2. The van der Waals surface area contributed by atoms with Gasteiger partial charge in [-0.25, -0.2) is 9.48 Å². The summed E-state index contributed by atoms with van der Waals surface area (Å²) in [5.74, 6) is 0.314. The average molecular weight is 371 g/mol. The minimum Gasteiger partial charge on any atom is -0.481 e. The molecule has 0 radical (unpaired) electrons. The minimum atomic E-state index is -0.463. The smallest absolute Gasteiger partial charge is 0.407 e. The Kier molecular flexibility index (Phi) is 5.48. The van der Waals surface area contributed by atoms with Crippen LogP contribution in [0, 0.1) is 6.92 Å². The van der Waals surface area contributed by atoms with E-state index >= 15 is 0 Å². The van der Waals surface area contributed by atoms with Crippen molar-refractivity contribution in [3.63, 3.8) is 0 Å². The van der Waals surface area contributed by atoms with Crippen molar-refractivity contribution in [3.8, 4) is 5.88 Å². The molecule has 1 amide bonds. The molecule has 1 atom stereocenters. The van der Waals surface area contributed by atoms with Crippen LogP contribution in [0.4, 0.5) is 4.79 Å². The lowest BCUT2D eigenvalue weighted by Gasteiger charge is -2.28. The number of nitrogens with one attached hydrogen (secondary N) is 1. The first kappa shape index (κ1) is 18.9. The molecule has 7 nitrogen and oxygen atoms in total. The molecule has 0 aliphatic heterocycles. The Labute approximate surface area is 158 Å². The molecule has 0 fully saturated rings. The first-order valence-corrected chi connectivity index (χ1v) is 9.17. The van der Waals surface area contributed by atoms with Crippen LogP contribution in [0.2, 0.25) is 0 Å². The van der Waals surface area contributed by atoms with Gasteiger partial charge in [0.15, 0.2) is 5.78 Å². The van der Waals surface area contributed by atoms with Crippen LogP contribution >= 0.6 is 0 Å². The van der Waals surface area contributed by atoms with Crippen LogP contribution in [0.25, 0.3) is 0 Å². The van der Waals surface area contributed by atoms with E-state index in [-0.39, 0.29) is 11.9 Å². The first-order valence-electron chi connectivity index (χ1n) is 9.17. The molecule has 1 N–H and O–H groups in total. The normalized spacial score (nSPS) is 15.8. The second-order valence-electron chi connectivity index (χ2n) is 6.56. The number of aromatic nitrogens is 2. The molecule has 27 heavy (non-hydrogen) atoms. The summed E-state index contributed by atoms with van der Waals surface area (Å²) in [6.07, 6.45) is 3.34. The summed E-state index contributed by atoms with van der Waals surface area (Å²) in [6.45, 7) is 4.46. The number of carbonyl (C=O) groups is 2. The maximum absolute atomic E-state index is 13.2. The van der Waals surface area contributed by atoms with Gasteiger partial charge in [-0.1, -0.05) is 12.1 Å². The third-order valence-corrected chi connectivity index (χ3v) is 5.07. The van der Waals surface area contributed by atoms with Gasteiger partial charge < -0.3 is 14.8 Å². The molecule has 1 aliphatic carbocycles. The molecular weight excluding hydrogens is 346 g/mol. The number of benzene rings is 1. The summed E-state index contributed by atoms with van der Waals surface area (Å²) in [4.78, 5) is 24.9. The number of amides is 1. The van der Waals surface area contributed by atoms with Crippen LogP contribution in [-0.4, -0.2) is 35.8 Å². The van der Waals surface area contributed by atoms with Gasteiger partial charge in [0.2, 0.25) is 5.88 Å². The number of rotatable bonds is 5. The van der Waals surface area contributed by atoms with E-state index in [1.54, 1.807) is 10.9 Å². The van der Waals surface area contributed by atoms with E-state index < -0.39 is 6.09 Å². The lowest BCUT2D eigenvalue weighted by Crippen LogP contribution is -2.25. The lowest BCUT2D eigenvalue weighted by atomic mass is 9.83. The molecule has 2 aromatic rings. The zero-order valence-electron chi connectivity index (χ0n) is 16.2. The van der Waals surface area contributed by atoms with Crippen molar-refractivity contribution in [1.82, 2.24) is 15.1 Å². The highest BCUT2D eigenvalue weighted by Crippen LogP contribution is 2.37. The fourth-order valence-corrected chi connectivity index (χ4v) is 3.74. The molecular formula is C20H25N3O4. The molecule has 0 bridgehead atoms. The number of aryl methyl sites for hydroxylation is 2. The Balaban J connectivity index is 2.03. The van der Waals surface area contributed by atoms with Crippen molar-refractivity contribution in [1.29, 1.82) is 0 Å². The maximum atomic E-state index is 13.2. The molecule has 1 aromatic heterocycles. The zero-order valence-corrected chi connectivity index (χ0v) is 16.2. The standard InChI is InChI=1S/C20H25N3O4/c1-5-23-19(26-4)15(11-22-23)18(24)14-10-9-13-7-6-8-16(17(13)12(14)2)27-20(25)21-3/h9-11,16H,5-8H2,1-4H3,(H,21,25). The van der Waals surface area contributed by atoms with E-state index in [1.807, 2.05) is 26.0 Å². The van der Waals surface area contributed by atoms with Crippen LogP contribution in [0.15, 0.2) is 18.3 Å². The molecule has 1 unspecified atom stereocenters.